The molecule has 0 saturated heterocycles. The zero-order valence-corrected chi connectivity index (χ0v) is 10.9. The number of rotatable bonds is 2. The molecular formula is C15H11FN2O3. The first-order valence-electron chi connectivity index (χ1n) is 6.34. The molecule has 2 heterocycles. The first kappa shape index (κ1) is 13.2. The quantitative estimate of drug-likeness (QED) is 0.856. The number of hydrogen-bond acceptors (Lipinski definition) is 3. The number of nitrogens with zero attached hydrogens (tertiary/aromatic N) is 2. The van der Waals surface area contributed by atoms with Crippen LogP contribution in [0.4, 0.5) is 10.1 Å². The lowest BCUT2D eigenvalue weighted by Crippen LogP contribution is -2.42. The van der Waals surface area contributed by atoms with Gasteiger partial charge in [-0.2, -0.15) is 4.39 Å². The smallest absolute Gasteiger partial charge is 0.327 e. The first-order valence-corrected chi connectivity index (χ1v) is 6.34. The molecule has 1 atom stereocenters. The fourth-order valence-corrected chi connectivity index (χ4v) is 2.51. The number of hydrogen-bond donors (Lipinski definition) is 1. The monoisotopic (exact) mass is 286 g/mol. The molecular weight excluding hydrogens is 275 g/mol. The van der Waals surface area contributed by atoms with Gasteiger partial charge in [0.05, 0.1) is 0 Å². The predicted molar refractivity (Wildman–Crippen MR) is 72.6 cm³/mol. The molecule has 106 valence electrons. The average molecular weight is 286 g/mol. The third-order valence-corrected chi connectivity index (χ3v) is 3.45. The second kappa shape index (κ2) is 4.97. The molecule has 0 spiro atoms. The van der Waals surface area contributed by atoms with Crippen LogP contribution in [0.15, 0.2) is 42.6 Å². The molecule has 6 heteroatoms. The van der Waals surface area contributed by atoms with Gasteiger partial charge in [0, 0.05) is 29.9 Å². The molecule has 0 aliphatic carbocycles. The Labute approximate surface area is 119 Å². The average Bonchev–Trinajstić information content (AvgIpc) is 2.86. The summed E-state index contributed by atoms with van der Waals surface area (Å²) in [7, 11) is 0. The zero-order chi connectivity index (χ0) is 15.0. The van der Waals surface area contributed by atoms with Crippen LogP contribution in [0.3, 0.4) is 0 Å². The van der Waals surface area contributed by atoms with Gasteiger partial charge in [0.15, 0.2) is 0 Å². The van der Waals surface area contributed by atoms with Crippen molar-refractivity contribution in [3.05, 3.63) is 59.7 Å². The van der Waals surface area contributed by atoms with Crippen LogP contribution in [0, 0.1) is 5.95 Å². The number of carboxylic acid groups (broad SMARTS) is 1. The number of carboxylic acids is 1. The van der Waals surface area contributed by atoms with Crippen LogP contribution in [0.25, 0.3) is 0 Å². The van der Waals surface area contributed by atoms with Crippen molar-refractivity contribution in [2.24, 2.45) is 0 Å². The van der Waals surface area contributed by atoms with Crippen LogP contribution in [-0.4, -0.2) is 28.0 Å². The summed E-state index contributed by atoms with van der Waals surface area (Å²) in [6, 6.07) is 8.38. The minimum atomic E-state index is -1.09. The van der Waals surface area contributed by atoms with Crippen molar-refractivity contribution in [2.75, 3.05) is 4.90 Å². The standard InChI is InChI=1S/C15H11FN2O3/c16-13-8-10(5-6-17-13)14(19)18-11-4-2-1-3-9(11)7-12(18)15(20)21/h1-6,8,12H,7H2,(H,20,21)/t12-/m0/s1. The topological polar surface area (TPSA) is 70.5 Å². The highest BCUT2D eigenvalue weighted by molar-refractivity contribution is 6.10. The van der Waals surface area contributed by atoms with E-state index in [1.807, 2.05) is 0 Å². The van der Waals surface area contributed by atoms with Gasteiger partial charge in [-0.3, -0.25) is 9.69 Å². The number of para-hydroxylation sites is 1. The number of aromatic nitrogens is 1. The molecule has 0 unspecified atom stereocenters. The number of pyridine rings is 1. The molecule has 0 bridgehead atoms. The van der Waals surface area contributed by atoms with E-state index in [1.165, 1.54) is 17.2 Å². The Bertz CT molecular complexity index is 732. The van der Waals surface area contributed by atoms with Crippen molar-refractivity contribution in [2.45, 2.75) is 12.5 Å². The van der Waals surface area contributed by atoms with Gasteiger partial charge in [-0.05, 0) is 17.7 Å². The third kappa shape index (κ3) is 2.24. The van der Waals surface area contributed by atoms with Crippen LogP contribution < -0.4 is 4.90 Å². The van der Waals surface area contributed by atoms with Crippen LogP contribution >= 0.6 is 0 Å². The van der Waals surface area contributed by atoms with Gasteiger partial charge >= 0.3 is 5.97 Å². The number of amides is 1. The van der Waals surface area contributed by atoms with Crippen LogP contribution in [0.2, 0.25) is 0 Å². The number of halogens is 1. The van der Waals surface area contributed by atoms with Gasteiger partial charge in [0.1, 0.15) is 6.04 Å². The van der Waals surface area contributed by atoms with Crippen molar-refractivity contribution in [1.82, 2.24) is 4.98 Å². The highest BCUT2D eigenvalue weighted by Gasteiger charge is 2.38. The Morgan fingerprint density at radius 2 is 2.05 bits per heavy atom. The maximum Gasteiger partial charge on any atom is 0.327 e. The Hall–Kier alpha value is -2.76. The van der Waals surface area contributed by atoms with E-state index in [2.05, 4.69) is 4.98 Å². The number of fused-ring (bicyclic) bond motifs is 1. The maximum atomic E-state index is 13.2. The summed E-state index contributed by atoms with van der Waals surface area (Å²) >= 11 is 0. The summed E-state index contributed by atoms with van der Waals surface area (Å²) in [6.45, 7) is 0. The van der Waals surface area contributed by atoms with E-state index < -0.39 is 23.9 Å². The molecule has 21 heavy (non-hydrogen) atoms. The molecule has 1 aromatic carbocycles. The lowest BCUT2D eigenvalue weighted by atomic mass is 10.1. The summed E-state index contributed by atoms with van der Waals surface area (Å²) in [5.41, 5.74) is 1.41. The second-order valence-electron chi connectivity index (χ2n) is 4.73. The Morgan fingerprint density at radius 1 is 1.29 bits per heavy atom. The van der Waals surface area contributed by atoms with E-state index >= 15 is 0 Å². The molecule has 1 aliphatic rings. The molecule has 5 nitrogen and oxygen atoms in total. The minimum Gasteiger partial charge on any atom is -0.480 e. The SMILES string of the molecule is O=C(O)[C@@H]1Cc2ccccc2N1C(=O)c1ccnc(F)c1. The third-order valence-electron chi connectivity index (χ3n) is 3.45. The molecule has 1 aliphatic heterocycles. The van der Waals surface area contributed by atoms with Gasteiger partial charge in [-0.25, -0.2) is 9.78 Å². The highest BCUT2D eigenvalue weighted by atomic mass is 19.1. The molecule has 3 rings (SSSR count). The van der Waals surface area contributed by atoms with E-state index in [4.69, 9.17) is 0 Å². The minimum absolute atomic E-state index is 0.0745. The number of benzene rings is 1. The number of anilines is 1. The Morgan fingerprint density at radius 3 is 2.76 bits per heavy atom. The van der Waals surface area contributed by atoms with E-state index in [0.717, 1.165) is 11.6 Å². The van der Waals surface area contributed by atoms with Gasteiger partial charge in [0.25, 0.3) is 5.91 Å². The molecule has 0 saturated carbocycles. The number of aliphatic carboxylic acids is 1. The summed E-state index contributed by atoms with van der Waals surface area (Å²) in [4.78, 5) is 28.5. The Balaban J connectivity index is 2.05. The number of carbonyl (C=O) groups is 2. The second-order valence-corrected chi connectivity index (χ2v) is 4.73. The summed E-state index contributed by atoms with van der Waals surface area (Å²) < 4.78 is 13.2. The fraction of sp³-hybridized carbons (Fsp3) is 0.133. The van der Waals surface area contributed by atoms with E-state index in [0.29, 0.717) is 5.69 Å². The van der Waals surface area contributed by atoms with E-state index in [1.54, 1.807) is 24.3 Å². The van der Waals surface area contributed by atoms with Crippen molar-refractivity contribution in [3.63, 3.8) is 0 Å². The largest absolute Gasteiger partial charge is 0.480 e. The molecule has 2 aromatic rings. The number of carbonyl (C=O) groups excluding carboxylic acids is 1. The molecule has 1 aromatic heterocycles. The molecule has 0 fully saturated rings. The van der Waals surface area contributed by atoms with Crippen molar-refractivity contribution in [3.8, 4) is 0 Å². The Kier molecular flexibility index (Phi) is 3.13. The van der Waals surface area contributed by atoms with Crippen LogP contribution in [0.5, 0.6) is 0 Å². The van der Waals surface area contributed by atoms with E-state index in [9.17, 15) is 19.1 Å². The van der Waals surface area contributed by atoms with Crippen molar-refractivity contribution in [1.29, 1.82) is 0 Å². The summed E-state index contributed by atoms with van der Waals surface area (Å²) in [5.74, 6) is -2.41. The van der Waals surface area contributed by atoms with Crippen molar-refractivity contribution < 1.29 is 19.1 Å². The predicted octanol–water partition coefficient (Wildman–Crippen LogP) is 1.88. The zero-order valence-electron chi connectivity index (χ0n) is 10.9. The maximum absolute atomic E-state index is 13.2. The van der Waals surface area contributed by atoms with Gasteiger partial charge in [-0.1, -0.05) is 18.2 Å². The summed E-state index contributed by atoms with van der Waals surface area (Å²) in [5, 5.41) is 9.33. The van der Waals surface area contributed by atoms with Gasteiger partial charge in [-0.15, -0.1) is 0 Å². The lowest BCUT2D eigenvalue weighted by molar-refractivity contribution is -0.138. The fourth-order valence-electron chi connectivity index (χ4n) is 2.51. The van der Waals surface area contributed by atoms with E-state index in [-0.39, 0.29) is 12.0 Å². The van der Waals surface area contributed by atoms with Crippen LogP contribution in [0.1, 0.15) is 15.9 Å². The molecule has 1 amide bonds. The van der Waals surface area contributed by atoms with Crippen LogP contribution in [-0.2, 0) is 11.2 Å². The first-order chi connectivity index (χ1) is 10.1. The lowest BCUT2D eigenvalue weighted by Gasteiger charge is -2.22. The van der Waals surface area contributed by atoms with Crippen molar-refractivity contribution >= 4 is 17.6 Å². The van der Waals surface area contributed by atoms with Gasteiger partial charge < -0.3 is 5.11 Å². The normalized spacial score (nSPS) is 16.6. The molecule has 0 radical (unpaired) electrons. The molecule has 1 N–H and O–H groups in total. The van der Waals surface area contributed by atoms with Gasteiger partial charge in [0.2, 0.25) is 5.95 Å². The summed E-state index contributed by atoms with van der Waals surface area (Å²) in [6.07, 6.45) is 1.42. The highest BCUT2D eigenvalue weighted by Crippen LogP contribution is 2.33.